The number of hydrogen-bond donors (Lipinski definition) is 2. The van der Waals surface area contributed by atoms with Crippen LogP contribution < -0.4 is 16.2 Å². The van der Waals surface area contributed by atoms with Crippen LogP contribution in [-0.4, -0.2) is 45.5 Å². The Kier molecular flexibility index (Phi) is 6.84. The zero-order valence-electron chi connectivity index (χ0n) is 17.5. The van der Waals surface area contributed by atoms with Gasteiger partial charge in [-0.05, 0) is 43.2 Å². The third-order valence-electron chi connectivity index (χ3n) is 5.57. The number of nitrogens with zero attached hydrogens (tertiary/aromatic N) is 3. The second-order valence-corrected chi connectivity index (χ2v) is 8.69. The average Bonchev–Trinajstić information content (AvgIpc) is 2.80. The quantitative estimate of drug-likeness (QED) is 0.564. The Morgan fingerprint density at radius 2 is 1.84 bits per heavy atom. The standard InChI is InChI=1S/C23H24BrN5O3/c24-16-6-7-20-19(14-16)22(31)29(15-25-20)13-10-21(30)28-11-8-18(9-12-28)27-23(32)26-17-4-2-1-3-5-17/h1-7,14-15,18H,8-13H2,(H2,26,27,32). The number of urea groups is 1. The molecular weight excluding hydrogens is 474 g/mol. The Bertz CT molecular complexity index is 1170. The molecule has 2 N–H and O–H groups in total. The number of amides is 3. The molecule has 0 radical (unpaired) electrons. The molecule has 1 saturated heterocycles. The van der Waals surface area contributed by atoms with Crippen molar-refractivity contribution in [3.63, 3.8) is 0 Å². The fraction of sp³-hybridized carbons (Fsp3) is 0.304. The van der Waals surface area contributed by atoms with Crippen LogP contribution in [0.15, 0.2) is 64.1 Å². The Morgan fingerprint density at radius 1 is 1.09 bits per heavy atom. The molecule has 0 aliphatic carbocycles. The van der Waals surface area contributed by atoms with E-state index in [1.54, 1.807) is 17.0 Å². The number of rotatable bonds is 5. The zero-order chi connectivity index (χ0) is 22.5. The minimum absolute atomic E-state index is 0.00146. The molecule has 32 heavy (non-hydrogen) atoms. The molecule has 0 unspecified atom stereocenters. The van der Waals surface area contributed by atoms with E-state index >= 15 is 0 Å². The summed E-state index contributed by atoms with van der Waals surface area (Å²) in [5.74, 6) is -0.00146. The lowest BCUT2D eigenvalue weighted by Gasteiger charge is -2.32. The van der Waals surface area contributed by atoms with Gasteiger partial charge in [0.2, 0.25) is 5.91 Å². The van der Waals surface area contributed by atoms with Gasteiger partial charge >= 0.3 is 6.03 Å². The first kappa shape index (κ1) is 22.0. The highest BCUT2D eigenvalue weighted by atomic mass is 79.9. The summed E-state index contributed by atoms with van der Waals surface area (Å²) >= 11 is 3.37. The van der Waals surface area contributed by atoms with E-state index in [2.05, 4.69) is 31.5 Å². The fourth-order valence-corrected chi connectivity index (χ4v) is 4.17. The number of aryl methyl sites for hydroxylation is 1. The average molecular weight is 498 g/mol. The van der Waals surface area contributed by atoms with Gasteiger partial charge in [-0.3, -0.25) is 14.2 Å². The lowest BCUT2D eigenvalue weighted by molar-refractivity contribution is -0.132. The Balaban J connectivity index is 1.26. The van der Waals surface area contributed by atoms with Crippen LogP contribution in [0, 0.1) is 0 Å². The van der Waals surface area contributed by atoms with E-state index in [4.69, 9.17) is 0 Å². The van der Waals surface area contributed by atoms with Crippen LogP contribution in [0.1, 0.15) is 19.3 Å². The number of nitrogens with one attached hydrogen (secondary N) is 2. The first-order valence-electron chi connectivity index (χ1n) is 10.5. The van der Waals surface area contributed by atoms with Gasteiger partial charge < -0.3 is 15.5 Å². The maximum Gasteiger partial charge on any atom is 0.319 e. The predicted molar refractivity (Wildman–Crippen MR) is 127 cm³/mol. The van der Waals surface area contributed by atoms with Crippen LogP contribution in [0.5, 0.6) is 0 Å². The first-order chi connectivity index (χ1) is 15.5. The number of fused-ring (bicyclic) bond motifs is 1. The molecule has 3 aromatic rings. The van der Waals surface area contributed by atoms with Crippen molar-refractivity contribution in [3.8, 4) is 0 Å². The number of piperidine rings is 1. The summed E-state index contributed by atoms with van der Waals surface area (Å²) in [7, 11) is 0. The van der Waals surface area contributed by atoms with E-state index < -0.39 is 0 Å². The third-order valence-corrected chi connectivity index (χ3v) is 6.06. The van der Waals surface area contributed by atoms with Gasteiger partial charge in [0, 0.05) is 42.3 Å². The molecule has 2 aromatic carbocycles. The van der Waals surface area contributed by atoms with Gasteiger partial charge in [0.05, 0.1) is 17.2 Å². The van der Waals surface area contributed by atoms with Crippen molar-refractivity contribution in [1.82, 2.24) is 19.8 Å². The van der Waals surface area contributed by atoms with Gasteiger partial charge in [0.25, 0.3) is 5.56 Å². The number of aromatic nitrogens is 2. The third kappa shape index (κ3) is 5.34. The van der Waals surface area contributed by atoms with Gasteiger partial charge in [0.15, 0.2) is 0 Å². The lowest BCUT2D eigenvalue weighted by Crippen LogP contribution is -2.47. The number of para-hydroxylation sites is 1. The summed E-state index contributed by atoms with van der Waals surface area (Å²) in [6, 6.07) is 14.4. The summed E-state index contributed by atoms with van der Waals surface area (Å²) in [6.45, 7) is 1.44. The monoisotopic (exact) mass is 497 g/mol. The Labute approximate surface area is 193 Å². The van der Waals surface area contributed by atoms with E-state index in [-0.39, 0.29) is 36.5 Å². The highest BCUT2D eigenvalue weighted by molar-refractivity contribution is 9.10. The van der Waals surface area contributed by atoms with Crippen molar-refractivity contribution in [3.05, 3.63) is 69.7 Å². The van der Waals surface area contributed by atoms with Crippen LogP contribution in [-0.2, 0) is 11.3 Å². The van der Waals surface area contributed by atoms with Gasteiger partial charge in [0.1, 0.15) is 0 Å². The number of carbonyl (C=O) groups excluding carboxylic acids is 2. The summed E-state index contributed by atoms with van der Waals surface area (Å²) in [5.41, 5.74) is 1.21. The molecule has 0 atom stereocenters. The van der Waals surface area contributed by atoms with E-state index in [0.29, 0.717) is 36.8 Å². The predicted octanol–water partition coefficient (Wildman–Crippen LogP) is 3.36. The summed E-state index contributed by atoms with van der Waals surface area (Å²) in [4.78, 5) is 43.6. The first-order valence-corrected chi connectivity index (χ1v) is 11.3. The Morgan fingerprint density at radius 3 is 2.59 bits per heavy atom. The molecule has 0 bridgehead atoms. The van der Waals surface area contributed by atoms with Crippen molar-refractivity contribution >= 4 is 44.5 Å². The van der Waals surface area contributed by atoms with Crippen molar-refractivity contribution < 1.29 is 9.59 Å². The number of carbonyl (C=O) groups is 2. The largest absolute Gasteiger partial charge is 0.342 e. The summed E-state index contributed by atoms with van der Waals surface area (Å²) in [6.07, 6.45) is 3.11. The minimum atomic E-state index is -0.240. The molecule has 0 spiro atoms. The molecule has 9 heteroatoms. The van der Waals surface area contributed by atoms with Gasteiger partial charge in [-0.1, -0.05) is 34.1 Å². The van der Waals surface area contributed by atoms with Gasteiger partial charge in [-0.15, -0.1) is 0 Å². The second-order valence-electron chi connectivity index (χ2n) is 7.77. The molecule has 4 rings (SSSR count). The summed E-state index contributed by atoms with van der Waals surface area (Å²) in [5, 5.41) is 6.30. The van der Waals surface area contributed by atoms with Crippen molar-refractivity contribution in [2.24, 2.45) is 0 Å². The van der Waals surface area contributed by atoms with Crippen LogP contribution in [0.4, 0.5) is 10.5 Å². The number of anilines is 1. The highest BCUT2D eigenvalue weighted by Crippen LogP contribution is 2.16. The number of likely N-dealkylation sites (tertiary alicyclic amines) is 1. The smallest absolute Gasteiger partial charge is 0.319 e. The molecule has 166 valence electrons. The van der Waals surface area contributed by atoms with Gasteiger partial charge in [-0.2, -0.15) is 0 Å². The summed E-state index contributed by atoms with van der Waals surface area (Å²) < 4.78 is 2.29. The topological polar surface area (TPSA) is 96.3 Å². The minimum Gasteiger partial charge on any atom is -0.342 e. The second kappa shape index (κ2) is 9.95. The molecule has 0 saturated carbocycles. The Hall–Kier alpha value is -3.20. The highest BCUT2D eigenvalue weighted by Gasteiger charge is 2.23. The van der Waals surface area contributed by atoms with Gasteiger partial charge in [-0.25, -0.2) is 9.78 Å². The lowest BCUT2D eigenvalue weighted by atomic mass is 10.0. The normalized spacial score (nSPS) is 14.3. The van der Waals surface area contributed by atoms with E-state index in [9.17, 15) is 14.4 Å². The molecule has 2 heterocycles. The number of halogens is 1. The molecule has 3 amide bonds. The molecule has 1 aromatic heterocycles. The van der Waals surface area contributed by atoms with E-state index in [0.717, 1.165) is 10.2 Å². The van der Waals surface area contributed by atoms with Crippen molar-refractivity contribution in [2.45, 2.75) is 31.8 Å². The van der Waals surface area contributed by atoms with Crippen LogP contribution in [0.2, 0.25) is 0 Å². The fourth-order valence-electron chi connectivity index (χ4n) is 3.81. The van der Waals surface area contributed by atoms with Crippen molar-refractivity contribution in [2.75, 3.05) is 18.4 Å². The van der Waals surface area contributed by atoms with E-state index in [1.807, 2.05) is 36.4 Å². The SMILES string of the molecule is O=C(Nc1ccccc1)NC1CCN(C(=O)CCn2cnc3ccc(Br)cc3c2=O)CC1. The molecule has 1 aliphatic heterocycles. The molecule has 1 fully saturated rings. The number of hydrogen-bond acceptors (Lipinski definition) is 4. The van der Waals surface area contributed by atoms with Crippen LogP contribution in [0.3, 0.4) is 0 Å². The molecule has 1 aliphatic rings. The van der Waals surface area contributed by atoms with E-state index in [1.165, 1.54) is 10.9 Å². The maximum atomic E-state index is 12.7. The molecular formula is C23H24BrN5O3. The maximum absolute atomic E-state index is 12.7. The molecule has 8 nitrogen and oxygen atoms in total. The zero-order valence-corrected chi connectivity index (χ0v) is 19.0. The van der Waals surface area contributed by atoms with Crippen molar-refractivity contribution in [1.29, 1.82) is 0 Å². The van der Waals surface area contributed by atoms with Crippen LogP contribution >= 0.6 is 15.9 Å². The van der Waals surface area contributed by atoms with Crippen LogP contribution in [0.25, 0.3) is 10.9 Å². The number of benzene rings is 2.